The van der Waals surface area contributed by atoms with Crippen LogP contribution in [0.3, 0.4) is 0 Å². The van der Waals surface area contributed by atoms with Crippen LogP contribution in [0.15, 0.2) is 42.5 Å². The molecule has 0 unspecified atom stereocenters. The molecule has 0 bridgehead atoms. The first-order valence-corrected chi connectivity index (χ1v) is 11.4. The first kappa shape index (κ1) is 23.4. The minimum Gasteiger partial charge on any atom is -0.423 e. The van der Waals surface area contributed by atoms with Gasteiger partial charge in [0.25, 0.3) is 0 Å². The van der Waals surface area contributed by atoms with Gasteiger partial charge in [0.15, 0.2) is 11.6 Å². The van der Waals surface area contributed by atoms with Crippen LogP contribution in [0.4, 0.5) is 8.78 Å². The van der Waals surface area contributed by atoms with Gasteiger partial charge in [0, 0.05) is 6.61 Å². The summed E-state index contributed by atoms with van der Waals surface area (Å²) in [5.41, 5.74) is 1.80. The van der Waals surface area contributed by atoms with E-state index < -0.39 is 5.82 Å². The Kier molecular flexibility index (Phi) is 9.01. The molecule has 3 nitrogen and oxygen atoms in total. The quantitative estimate of drug-likeness (QED) is 0.248. The molecule has 0 heterocycles. The summed E-state index contributed by atoms with van der Waals surface area (Å²) in [7, 11) is 0. The summed E-state index contributed by atoms with van der Waals surface area (Å²) in [6, 6.07) is 11.0. The number of halogens is 2. The monoisotopic (exact) mass is 430 g/mol. The molecule has 31 heavy (non-hydrogen) atoms. The van der Waals surface area contributed by atoms with Crippen molar-refractivity contribution in [1.82, 2.24) is 0 Å². The Labute approximate surface area is 183 Å². The summed E-state index contributed by atoms with van der Waals surface area (Å²) in [5, 5.41) is 0. The van der Waals surface area contributed by atoms with Crippen molar-refractivity contribution in [2.45, 2.75) is 70.8 Å². The zero-order valence-corrected chi connectivity index (χ0v) is 18.2. The van der Waals surface area contributed by atoms with Gasteiger partial charge in [0.1, 0.15) is 5.82 Å². The summed E-state index contributed by atoms with van der Waals surface area (Å²) < 4.78 is 38.7. The van der Waals surface area contributed by atoms with Crippen LogP contribution in [0.1, 0.15) is 63.0 Å². The number of aryl methyl sites for hydroxylation is 2. The van der Waals surface area contributed by atoms with E-state index in [1.165, 1.54) is 37.1 Å². The molecule has 0 radical (unpaired) electrons. The molecule has 0 amide bonds. The number of hydrogen-bond donors (Lipinski definition) is 0. The molecular weight excluding hydrogens is 398 g/mol. The van der Waals surface area contributed by atoms with Crippen molar-refractivity contribution in [3.8, 4) is 5.75 Å². The smallest absolute Gasteiger partial charge is 0.314 e. The number of esters is 1. The van der Waals surface area contributed by atoms with Crippen molar-refractivity contribution in [3.05, 3.63) is 65.2 Å². The molecule has 1 fully saturated rings. The van der Waals surface area contributed by atoms with Crippen molar-refractivity contribution in [2.24, 2.45) is 5.92 Å². The highest BCUT2D eigenvalue weighted by Gasteiger charge is 2.28. The van der Waals surface area contributed by atoms with Crippen LogP contribution in [-0.4, -0.2) is 18.7 Å². The molecule has 5 heteroatoms. The number of carbonyl (C=O) groups is 1. The molecular formula is C26H32F2O3. The first-order valence-electron chi connectivity index (χ1n) is 11.4. The number of rotatable bonds is 10. The molecule has 0 aliphatic heterocycles. The van der Waals surface area contributed by atoms with Crippen LogP contribution in [0.5, 0.6) is 5.75 Å². The Morgan fingerprint density at radius 3 is 2.29 bits per heavy atom. The molecule has 2 aromatic carbocycles. The summed E-state index contributed by atoms with van der Waals surface area (Å²) in [6.07, 6.45) is 8.08. The number of ether oxygens (including phenoxy) is 2. The highest BCUT2D eigenvalue weighted by molar-refractivity contribution is 5.75. The third-order valence-electron chi connectivity index (χ3n) is 5.93. The molecule has 0 saturated heterocycles. The van der Waals surface area contributed by atoms with Crippen LogP contribution < -0.4 is 4.74 Å². The minimum absolute atomic E-state index is 0.0199. The maximum atomic E-state index is 14.5. The molecule has 1 aliphatic rings. The van der Waals surface area contributed by atoms with Crippen molar-refractivity contribution in [3.63, 3.8) is 0 Å². The van der Waals surface area contributed by atoms with E-state index in [1.54, 1.807) is 18.2 Å². The zero-order valence-electron chi connectivity index (χ0n) is 18.2. The van der Waals surface area contributed by atoms with Crippen LogP contribution in [-0.2, 0) is 22.4 Å². The standard InChI is InChI=1S/C26H32F2O3/c1-2-3-4-17-30-23-14-10-21(11-15-23)26(29)31-25-16-9-20(18-24(25)28)6-5-19-7-12-22(27)13-8-19/h7-9,12-13,16,18,21,23H,2-6,10-11,14-15,17H2,1H3. The minimum atomic E-state index is -0.530. The lowest BCUT2D eigenvalue weighted by molar-refractivity contribution is -0.141. The maximum absolute atomic E-state index is 14.5. The van der Waals surface area contributed by atoms with Gasteiger partial charge in [-0.3, -0.25) is 4.79 Å². The number of carbonyl (C=O) groups excluding carboxylic acids is 1. The van der Waals surface area contributed by atoms with E-state index in [0.29, 0.717) is 25.7 Å². The van der Waals surface area contributed by atoms with Crippen molar-refractivity contribution >= 4 is 5.97 Å². The third kappa shape index (κ3) is 7.42. The topological polar surface area (TPSA) is 35.5 Å². The summed E-state index contributed by atoms with van der Waals surface area (Å²) in [5.74, 6) is -1.38. The Morgan fingerprint density at radius 1 is 0.935 bits per heavy atom. The van der Waals surface area contributed by atoms with Crippen molar-refractivity contribution in [2.75, 3.05) is 6.61 Å². The fourth-order valence-electron chi connectivity index (χ4n) is 3.98. The Hall–Kier alpha value is -2.27. The van der Waals surface area contributed by atoms with Gasteiger partial charge in [0.05, 0.1) is 12.0 Å². The van der Waals surface area contributed by atoms with Crippen LogP contribution in [0.25, 0.3) is 0 Å². The number of benzene rings is 2. The van der Waals surface area contributed by atoms with Crippen molar-refractivity contribution < 1.29 is 23.0 Å². The van der Waals surface area contributed by atoms with Crippen LogP contribution in [0, 0.1) is 17.6 Å². The molecule has 168 valence electrons. The van der Waals surface area contributed by atoms with Gasteiger partial charge in [-0.15, -0.1) is 0 Å². The third-order valence-corrected chi connectivity index (χ3v) is 5.93. The lowest BCUT2D eigenvalue weighted by Crippen LogP contribution is -2.29. The zero-order chi connectivity index (χ0) is 22.1. The average molecular weight is 431 g/mol. The van der Waals surface area contributed by atoms with Gasteiger partial charge in [-0.05, 0) is 80.3 Å². The van der Waals surface area contributed by atoms with E-state index in [1.807, 2.05) is 0 Å². The van der Waals surface area contributed by atoms with Crippen LogP contribution in [0.2, 0.25) is 0 Å². The fraction of sp³-hybridized carbons (Fsp3) is 0.500. The molecule has 0 atom stereocenters. The van der Waals surface area contributed by atoms with E-state index in [9.17, 15) is 13.6 Å². The van der Waals surface area contributed by atoms with Gasteiger partial charge < -0.3 is 9.47 Å². The molecule has 1 aliphatic carbocycles. The molecule has 3 rings (SSSR count). The largest absolute Gasteiger partial charge is 0.423 e. The normalized spacial score (nSPS) is 18.7. The van der Waals surface area contributed by atoms with E-state index in [2.05, 4.69) is 6.92 Å². The van der Waals surface area contributed by atoms with Gasteiger partial charge in [-0.25, -0.2) is 8.78 Å². The van der Waals surface area contributed by atoms with E-state index in [-0.39, 0.29) is 29.6 Å². The second-order valence-electron chi connectivity index (χ2n) is 8.36. The Morgan fingerprint density at radius 2 is 1.61 bits per heavy atom. The lowest BCUT2D eigenvalue weighted by atomic mass is 9.87. The van der Waals surface area contributed by atoms with Gasteiger partial charge in [0.2, 0.25) is 0 Å². The van der Waals surface area contributed by atoms with E-state index in [0.717, 1.165) is 37.0 Å². The lowest BCUT2D eigenvalue weighted by Gasteiger charge is -2.27. The van der Waals surface area contributed by atoms with Gasteiger partial charge >= 0.3 is 5.97 Å². The van der Waals surface area contributed by atoms with Crippen molar-refractivity contribution in [1.29, 1.82) is 0 Å². The second-order valence-corrected chi connectivity index (χ2v) is 8.36. The number of unbranched alkanes of at least 4 members (excludes halogenated alkanes) is 2. The number of hydrogen-bond acceptors (Lipinski definition) is 3. The summed E-state index contributed by atoms with van der Waals surface area (Å²) >= 11 is 0. The van der Waals surface area contributed by atoms with E-state index >= 15 is 0 Å². The molecule has 1 saturated carbocycles. The summed E-state index contributed by atoms with van der Waals surface area (Å²) in [4.78, 5) is 12.5. The van der Waals surface area contributed by atoms with Gasteiger partial charge in [-0.1, -0.05) is 38.0 Å². The van der Waals surface area contributed by atoms with Gasteiger partial charge in [-0.2, -0.15) is 0 Å². The van der Waals surface area contributed by atoms with Crippen LogP contribution >= 0.6 is 0 Å². The average Bonchev–Trinajstić information content (AvgIpc) is 2.78. The predicted molar refractivity (Wildman–Crippen MR) is 117 cm³/mol. The molecule has 0 N–H and O–H groups in total. The summed E-state index contributed by atoms with van der Waals surface area (Å²) in [6.45, 7) is 2.95. The molecule has 2 aromatic rings. The highest BCUT2D eigenvalue weighted by atomic mass is 19.1. The SMILES string of the molecule is CCCCCOC1CCC(C(=O)Oc2ccc(CCc3ccc(F)cc3)cc2F)CC1. The molecule has 0 spiro atoms. The Bertz CT molecular complexity index is 827. The first-order chi connectivity index (χ1) is 15.0. The Balaban J connectivity index is 1.44. The predicted octanol–water partition coefficient (Wildman–Crippen LogP) is 6.42. The fourth-order valence-corrected chi connectivity index (χ4v) is 3.98. The van der Waals surface area contributed by atoms with E-state index in [4.69, 9.17) is 9.47 Å². The second kappa shape index (κ2) is 11.9. The maximum Gasteiger partial charge on any atom is 0.314 e. The molecule has 0 aromatic heterocycles. The highest BCUT2D eigenvalue weighted by Crippen LogP contribution is 2.29.